The summed E-state index contributed by atoms with van der Waals surface area (Å²) in [5, 5.41) is 27.7. The summed E-state index contributed by atoms with van der Waals surface area (Å²) in [5.41, 5.74) is -1.20. The average molecular weight is 531 g/mol. The number of rotatable bonds is 15. The second-order valence-electron chi connectivity index (χ2n) is 9.63. The monoisotopic (exact) mass is 530 g/mol. The summed E-state index contributed by atoms with van der Waals surface area (Å²) in [4.78, 5) is 45.8. The van der Waals surface area contributed by atoms with Crippen molar-refractivity contribution in [1.82, 2.24) is 0 Å². The minimum absolute atomic E-state index is 0.0201. The van der Waals surface area contributed by atoms with Crippen molar-refractivity contribution < 1.29 is 39.2 Å². The van der Waals surface area contributed by atoms with Gasteiger partial charge in [0.15, 0.2) is 0 Å². The second kappa shape index (κ2) is 17.2. The molecule has 0 spiro atoms. The van der Waals surface area contributed by atoms with E-state index in [1.807, 2.05) is 6.92 Å². The van der Waals surface area contributed by atoms with Crippen LogP contribution in [0.15, 0.2) is 48.6 Å². The van der Waals surface area contributed by atoms with Gasteiger partial charge in [0.2, 0.25) is 0 Å². The third kappa shape index (κ3) is 10.1. The molecule has 1 aliphatic carbocycles. The van der Waals surface area contributed by atoms with Crippen LogP contribution in [0.2, 0.25) is 0 Å². The first-order chi connectivity index (χ1) is 18.1. The molecule has 1 aromatic carbocycles. The van der Waals surface area contributed by atoms with Gasteiger partial charge in [-0.05, 0) is 38.3 Å². The number of aromatic carboxylic acids is 1. The molecule has 0 bridgehead atoms. The fourth-order valence-electron chi connectivity index (χ4n) is 4.39. The number of hydrogen-bond acceptors (Lipinski definition) is 5. The van der Waals surface area contributed by atoms with Crippen molar-refractivity contribution in [1.29, 1.82) is 0 Å². The molecule has 1 aromatic rings. The largest absolute Gasteiger partial charge is 0.481 e. The van der Waals surface area contributed by atoms with E-state index in [1.54, 1.807) is 24.3 Å². The van der Waals surface area contributed by atoms with Gasteiger partial charge in [-0.15, -0.1) is 0 Å². The van der Waals surface area contributed by atoms with E-state index in [9.17, 15) is 29.4 Å². The van der Waals surface area contributed by atoms with Crippen LogP contribution in [0.3, 0.4) is 0 Å². The van der Waals surface area contributed by atoms with Crippen molar-refractivity contribution in [3.05, 3.63) is 59.7 Å². The number of unbranched alkanes of at least 4 members (excludes halogenated alkanes) is 6. The molecule has 38 heavy (non-hydrogen) atoms. The van der Waals surface area contributed by atoms with Crippen molar-refractivity contribution in [3.8, 4) is 0 Å². The van der Waals surface area contributed by atoms with Gasteiger partial charge in [0.05, 0.1) is 23.1 Å². The molecule has 0 amide bonds. The number of aliphatic carboxylic acids is 2. The third-order valence-electron chi connectivity index (χ3n) is 6.62. The van der Waals surface area contributed by atoms with Crippen LogP contribution in [0.5, 0.6) is 0 Å². The molecule has 0 saturated heterocycles. The number of allylic oxidation sites excluding steroid dienone is 2. The highest BCUT2D eigenvalue weighted by Crippen LogP contribution is 2.39. The molecule has 0 radical (unpaired) electrons. The SMILES string of the molecule is CCCCCC(C)OC(=O)c1ccccc1C(=O)O.CCCCCCCC1(C(=O)O)C=CC=CC1C(=O)O. The normalized spacial score (nSPS) is 18.7. The fraction of sp³-hybridized carbons (Fsp3) is 0.533. The lowest BCUT2D eigenvalue weighted by molar-refractivity contribution is -0.157. The number of esters is 1. The van der Waals surface area contributed by atoms with Gasteiger partial charge in [0.25, 0.3) is 0 Å². The van der Waals surface area contributed by atoms with Gasteiger partial charge in [0.1, 0.15) is 5.41 Å². The Morgan fingerprint density at radius 3 is 2.05 bits per heavy atom. The van der Waals surface area contributed by atoms with Gasteiger partial charge < -0.3 is 20.1 Å². The minimum atomic E-state index is -1.28. The van der Waals surface area contributed by atoms with Crippen LogP contribution in [0.4, 0.5) is 0 Å². The highest BCUT2D eigenvalue weighted by atomic mass is 16.5. The predicted molar refractivity (Wildman–Crippen MR) is 145 cm³/mol. The van der Waals surface area contributed by atoms with Crippen LogP contribution in [0, 0.1) is 11.3 Å². The molecule has 0 saturated carbocycles. The summed E-state index contributed by atoms with van der Waals surface area (Å²) in [6, 6.07) is 6.10. The summed E-state index contributed by atoms with van der Waals surface area (Å²) in [6.07, 6.45) is 15.5. The summed E-state index contributed by atoms with van der Waals surface area (Å²) in [7, 11) is 0. The van der Waals surface area contributed by atoms with Crippen molar-refractivity contribution in [2.75, 3.05) is 0 Å². The van der Waals surface area contributed by atoms with Gasteiger partial charge in [-0.25, -0.2) is 9.59 Å². The summed E-state index contributed by atoms with van der Waals surface area (Å²) < 4.78 is 5.27. The van der Waals surface area contributed by atoms with Crippen molar-refractivity contribution in [2.24, 2.45) is 11.3 Å². The van der Waals surface area contributed by atoms with Crippen molar-refractivity contribution in [2.45, 2.75) is 91.1 Å². The van der Waals surface area contributed by atoms with Crippen LogP contribution in [-0.4, -0.2) is 45.3 Å². The summed E-state index contributed by atoms with van der Waals surface area (Å²) >= 11 is 0. The molecule has 8 heteroatoms. The van der Waals surface area contributed by atoms with E-state index in [2.05, 4.69) is 13.8 Å². The Hall–Kier alpha value is -3.42. The van der Waals surface area contributed by atoms with E-state index in [1.165, 1.54) is 24.3 Å². The molecule has 1 aliphatic rings. The zero-order valence-corrected chi connectivity index (χ0v) is 22.7. The Morgan fingerprint density at radius 2 is 1.47 bits per heavy atom. The van der Waals surface area contributed by atoms with Gasteiger partial charge in [-0.2, -0.15) is 0 Å². The number of carbonyl (C=O) groups is 4. The highest BCUT2D eigenvalue weighted by molar-refractivity contribution is 6.02. The molecule has 3 atom stereocenters. The number of benzene rings is 1. The van der Waals surface area contributed by atoms with E-state index in [0.29, 0.717) is 6.42 Å². The Kier molecular flexibility index (Phi) is 14.7. The Balaban J connectivity index is 0.000000380. The molecular formula is C30H42O8. The maximum absolute atomic E-state index is 11.9. The number of carbonyl (C=O) groups excluding carboxylic acids is 1. The van der Waals surface area contributed by atoms with Crippen LogP contribution >= 0.6 is 0 Å². The number of carboxylic acid groups (broad SMARTS) is 3. The second-order valence-corrected chi connectivity index (χ2v) is 9.63. The molecule has 0 aliphatic heterocycles. The van der Waals surface area contributed by atoms with E-state index in [-0.39, 0.29) is 17.2 Å². The first kappa shape index (κ1) is 32.6. The van der Waals surface area contributed by atoms with Crippen LogP contribution < -0.4 is 0 Å². The lowest BCUT2D eigenvalue weighted by atomic mass is 9.69. The quantitative estimate of drug-likeness (QED) is 0.167. The summed E-state index contributed by atoms with van der Waals surface area (Å²) in [5.74, 6) is -4.78. The van der Waals surface area contributed by atoms with Crippen molar-refractivity contribution in [3.63, 3.8) is 0 Å². The number of ether oxygens (including phenoxy) is 1. The smallest absolute Gasteiger partial charge is 0.339 e. The topological polar surface area (TPSA) is 138 Å². The fourth-order valence-corrected chi connectivity index (χ4v) is 4.39. The molecule has 0 fully saturated rings. The van der Waals surface area contributed by atoms with E-state index in [0.717, 1.165) is 57.8 Å². The number of carboxylic acids is 3. The molecule has 0 heterocycles. The Labute approximate surface area is 225 Å². The van der Waals surface area contributed by atoms with Crippen LogP contribution in [0.1, 0.15) is 106 Å². The van der Waals surface area contributed by atoms with Gasteiger partial charge in [0, 0.05) is 0 Å². The number of hydrogen-bond donors (Lipinski definition) is 3. The lowest BCUT2D eigenvalue weighted by Crippen LogP contribution is -2.41. The van der Waals surface area contributed by atoms with E-state index >= 15 is 0 Å². The van der Waals surface area contributed by atoms with Crippen LogP contribution in [-0.2, 0) is 14.3 Å². The minimum Gasteiger partial charge on any atom is -0.481 e. The maximum Gasteiger partial charge on any atom is 0.339 e. The van der Waals surface area contributed by atoms with E-state index in [4.69, 9.17) is 9.84 Å². The molecule has 8 nitrogen and oxygen atoms in total. The van der Waals surface area contributed by atoms with Gasteiger partial charge in [-0.3, -0.25) is 9.59 Å². The summed E-state index contributed by atoms with van der Waals surface area (Å²) in [6.45, 7) is 6.06. The Morgan fingerprint density at radius 1 is 0.868 bits per heavy atom. The molecule has 3 unspecified atom stereocenters. The molecule has 0 aromatic heterocycles. The van der Waals surface area contributed by atoms with Crippen LogP contribution in [0.25, 0.3) is 0 Å². The highest BCUT2D eigenvalue weighted by Gasteiger charge is 2.46. The predicted octanol–water partition coefficient (Wildman–Crippen LogP) is 6.76. The maximum atomic E-state index is 11.9. The first-order valence-electron chi connectivity index (χ1n) is 13.5. The van der Waals surface area contributed by atoms with Crippen molar-refractivity contribution >= 4 is 23.9 Å². The van der Waals surface area contributed by atoms with Gasteiger partial charge >= 0.3 is 23.9 Å². The zero-order valence-electron chi connectivity index (χ0n) is 22.7. The first-order valence-corrected chi connectivity index (χ1v) is 13.5. The third-order valence-corrected chi connectivity index (χ3v) is 6.62. The molecule has 210 valence electrons. The standard InChI is InChI=1S/C15H20O4.C15H22O4/c1-3-4-5-8-11(2)19-15(18)13-10-7-6-9-12(13)14(16)17;1-2-3-4-5-7-10-15(14(18)19)11-8-6-9-12(15)13(16)17/h6-7,9-11H,3-5,8H2,1-2H3,(H,16,17);6,8-9,11-12H,2-5,7,10H2,1H3,(H,16,17)(H,18,19). The average Bonchev–Trinajstić information content (AvgIpc) is 2.89. The molecular weight excluding hydrogens is 488 g/mol. The molecule has 3 N–H and O–H groups in total. The zero-order chi connectivity index (χ0) is 28.6. The lowest BCUT2D eigenvalue weighted by Gasteiger charge is -2.32. The Bertz CT molecular complexity index is 980. The molecule has 2 rings (SSSR count). The van der Waals surface area contributed by atoms with E-state index < -0.39 is 35.2 Å². The van der Waals surface area contributed by atoms with Gasteiger partial charge in [-0.1, -0.05) is 95.2 Å².